The highest BCUT2D eigenvalue weighted by molar-refractivity contribution is 5.68. The van der Waals surface area contributed by atoms with Gasteiger partial charge in [0, 0.05) is 12.5 Å². The Labute approximate surface area is 113 Å². The fourth-order valence-electron chi connectivity index (χ4n) is 2.56. The largest absolute Gasteiger partial charge is 0.497 e. The third kappa shape index (κ3) is 2.81. The molecule has 0 aromatic heterocycles. The van der Waals surface area contributed by atoms with Crippen molar-refractivity contribution < 1.29 is 14.3 Å². The number of nitrogens with zero attached hydrogens (tertiary/aromatic N) is 1. The molecular formula is C14H20N2O3. The summed E-state index contributed by atoms with van der Waals surface area (Å²) < 4.78 is 9.91. The monoisotopic (exact) mass is 264 g/mol. The van der Waals surface area contributed by atoms with Gasteiger partial charge in [-0.05, 0) is 30.5 Å². The van der Waals surface area contributed by atoms with Crippen molar-refractivity contribution in [2.24, 2.45) is 5.73 Å². The van der Waals surface area contributed by atoms with Gasteiger partial charge in [0.15, 0.2) is 0 Å². The van der Waals surface area contributed by atoms with E-state index in [4.69, 9.17) is 15.2 Å². The average Bonchev–Trinajstić information content (AvgIpc) is 2.47. The highest BCUT2D eigenvalue weighted by Crippen LogP contribution is 2.31. The minimum atomic E-state index is -0.356. The van der Waals surface area contributed by atoms with Gasteiger partial charge in [0.2, 0.25) is 0 Å². The molecule has 1 amide bonds. The van der Waals surface area contributed by atoms with Crippen molar-refractivity contribution in [1.29, 1.82) is 0 Å². The number of piperidine rings is 1. The Morgan fingerprint density at radius 1 is 1.32 bits per heavy atom. The molecule has 0 aliphatic carbocycles. The lowest BCUT2D eigenvalue weighted by Crippen LogP contribution is -2.52. The lowest BCUT2D eigenvalue weighted by atomic mass is 9.88. The number of ether oxygens (including phenoxy) is 2. The summed E-state index contributed by atoms with van der Waals surface area (Å²) in [5.74, 6) is 0.955. The number of likely N-dealkylation sites (tertiary alicyclic amines) is 1. The van der Waals surface area contributed by atoms with Crippen LogP contribution in [0.25, 0.3) is 0 Å². The number of nitrogens with two attached hydrogens (primary N) is 1. The second-order valence-corrected chi connectivity index (χ2v) is 4.68. The molecule has 1 aliphatic rings. The lowest BCUT2D eigenvalue weighted by Gasteiger charge is -2.38. The van der Waals surface area contributed by atoms with Crippen molar-refractivity contribution in [3.8, 4) is 5.75 Å². The first-order valence-electron chi connectivity index (χ1n) is 6.41. The molecule has 2 N–H and O–H groups in total. The van der Waals surface area contributed by atoms with Crippen LogP contribution < -0.4 is 10.5 Å². The summed E-state index contributed by atoms with van der Waals surface area (Å²) in [5.41, 5.74) is 7.32. The Hall–Kier alpha value is -1.75. The molecule has 1 fully saturated rings. The van der Waals surface area contributed by atoms with Gasteiger partial charge < -0.3 is 15.2 Å². The SMILES string of the molecule is COC(=O)N1CCCC(c2ccc(OC)cc2)C1N. The molecule has 0 radical (unpaired) electrons. The molecule has 5 nitrogen and oxygen atoms in total. The molecule has 2 rings (SSSR count). The highest BCUT2D eigenvalue weighted by atomic mass is 16.5. The van der Waals surface area contributed by atoms with Crippen LogP contribution in [0.2, 0.25) is 0 Å². The van der Waals surface area contributed by atoms with E-state index in [1.54, 1.807) is 12.0 Å². The Kier molecular flexibility index (Phi) is 4.27. The van der Waals surface area contributed by atoms with Gasteiger partial charge in [-0.25, -0.2) is 4.79 Å². The first-order valence-corrected chi connectivity index (χ1v) is 6.41. The molecule has 1 aromatic carbocycles. The average molecular weight is 264 g/mol. The molecule has 0 saturated carbocycles. The van der Waals surface area contributed by atoms with E-state index in [0.717, 1.165) is 24.2 Å². The van der Waals surface area contributed by atoms with Crippen LogP contribution >= 0.6 is 0 Å². The molecule has 1 aliphatic heterocycles. The fraction of sp³-hybridized carbons (Fsp3) is 0.500. The van der Waals surface area contributed by atoms with Crippen molar-refractivity contribution in [2.75, 3.05) is 20.8 Å². The molecule has 104 valence electrons. The van der Waals surface area contributed by atoms with E-state index < -0.39 is 0 Å². The van der Waals surface area contributed by atoms with Gasteiger partial charge in [0.25, 0.3) is 0 Å². The lowest BCUT2D eigenvalue weighted by molar-refractivity contribution is 0.0831. The van der Waals surface area contributed by atoms with Crippen LogP contribution in [-0.4, -0.2) is 37.9 Å². The van der Waals surface area contributed by atoms with E-state index in [9.17, 15) is 4.79 Å². The molecule has 0 spiro atoms. The Morgan fingerprint density at radius 2 is 2.00 bits per heavy atom. The van der Waals surface area contributed by atoms with Gasteiger partial charge in [0.1, 0.15) is 5.75 Å². The minimum Gasteiger partial charge on any atom is -0.497 e. The number of hydrogen-bond donors (Lipinski definition) is 1. The van der Waals surface area contributed by atoms with Gasteiger partial charge >= 0.3 is 6.09 Å². The molecule has 0 bridgehead atoms. The van der Waals surface area contributed by atoms with Gasteiger partial charge in [-0.1, -0.05) is 12.1 Å². The van der Waals surface area contributed by atoms with Gasteiger partial charge in [-0.2, -0.15) is 0 Å². The Morgan fingerprint density at radius 3 is 2.58 bits per heavy atom. The number of hydrogen-bond acceptors (Lipinski definition) is 4. The highest BCUT2D eigenvalue weighted by Gasteiger charge is 2.33. The van der Waals surface area contributed by atoms with Gasteiger partial charge in [-0.3, -0.25) is 4.90 Å². The zero-order valence-electron chi connectivity index (χ0n) is 11.3. The van der Waals surface area contributed by atoms with Crippen LogP contribution in [-0.2, 0) is 4.74 Å². The summed E-state index contributed by atoms with van der Waals surface area (Å²) in [4.78, 5) is 13.3. The summed E-state index contributed by atoms with van der Waals surface area (Å²) >= 11 is 0. The maximum absolute atomic E-state index is 11.7. The number of amides is 1. The maximum atomic E-state index is 11.7. The second-order valence-electron chi connectivity index (χ2n) is 4.68. The molecular weight excluding hydrogens is 244 g/mol. The summed E-state index contributed by atoms with van der Waals surface area (Å²) in [5, 5.41) is 0. The number of rotatable bonds is 2. The van der Waals surface area contributed by atoms with E-state index in [1.807, 2.05) is 24.3 Å². The summed E-state index contributed by atoms with van der Waals surface area (Å²) in [6, 6.07) is 7.84. The molecule has 5 heteroatoms. The number of carbonyl (C=O) groups is 1. The zero-order valence-corrected chi connectivity index (χ0v) is 11.3. The van der Waals surface area contributed by atoms with Gasteiger partial charge in [0.05, 0.1) is 20.4 Å². The summed E-state index contributed by atoms with van der Waals surface area (Å²) in [7, 11) is 3.02. The third-order valence-corrected chi connectivity index (χ3v) is 3.64. The van der Waals surface area contributed by atoms with Gasteiger partial charge in [-0.15, -0.1) is 0 Å². The number of carbonyl (C=O) groups excluding carboxylic acids is 1. The molecule has 1 aromatic rings. The number of methoxy groups -OCH3 is 2. The normalized spacial score (nSPS) is 23.0. The quantitative estimate of drug-likeness (QED) is 0.886. The summed E-state index contributed by atoms with van der Waals surface area (Å²) in [6.07, 6.45) is 1.21. The van der Waals surface area contributed by atoms with E-state index in [2.05, 4.69) is 0 Å². The smallest absolute Gasteiger partial charge is 0.410 e. The molecule has 1 saturated heterocycles. The van der Waals surface area contributed by atoms with Crippen LogP contribution in [0, 0.1) is 0 Å². The topological polar surface area (TPSA) is 64.8 Å². The second kappa shape index (κ2) is 5.93. The standard InChI is InChI=1S/C14H20N2O3/c1-18-11-7-5-10(6-8-11)12-4-3-9-16(13(12)15)14(17)19-2/h5-8,12-13H,3-4,9,15H2,1-2H3. The van der Waals surface area contributed by atoms with E-state index >= 15 is 0 Å². The van der Waals surface area contributed by atoms with Crippen LogP contribution in [0.5, 0.6) is 5.75 Å². The van der Waals surface area contributed by atoms with Crippen molar-refractivity contribution in [3.05, 3.63) is 29.8 Å². The Bertz CT molecular complexity index is 433. The minimum absolute atomic E-state index is 0.138. The van der Waals surface area contributed by atoms with Crippen LogP contribution in [0.4, 0.5) is 4.79 Å². The van der Waals surface area contributed by atoms with Crippen LogP contribution in [0.15, 0.2) is 24.3 Å². The fourth-order valence-corrected chi connectivity index (χ4v) is 2.56. The zero-order chi connectivity index (χ0) is 13.8. The van der Waals surface area contributed by atoms with E-state index in [0.29, 0.717) is 6.54 Å². The molecule has 19 heavy (non-hydrogen) atoms. The van der Waals surface area contributed by atoms with Crippen LogP contribution in [0.1, 0.15) is 24.3 Å². The molecule has 1 heterocycles. The van der Waals surface area contributed by atoms with E-state index in [1.165, 1.54) is 7.11 Å². The maximum Gasteiger partial charge on any atom is 0.410 e. The first-order chi connectivity index (χ1) is 9.17. The van der Waals surface area contributed by atoms with Crippen molar-refractivity contribution in [1.82, 2.24) is 4.90 Å². The summed E-state index contributed by atoms with van der Waals surface area (Å²) in [6.45, 7) is 0.653. The van der Waals surface area contributed by atoms with Crippen LogP contribution in [0.3, 0.4) is 0 Å². The van der Waals surface area contributed by atoms with Crippen molar-refractivity contribution in [2.45, 2.75) is 24.9 Å². The van der Waals surface area contributed by atoms with E-state index in [-0.39, 0.29) is 18.2 Å². The molecule has 2 unspecified atom stereocenters. The van der Waals surface area contributed by atoms with Crippen molar-refractivity contribution >= 4 is 6.09 Å². The predicted octanol–water partition coefficient (Wildman–Crippen LogP) is 1.93. The first kappa shape index (κ1) is 13.7. The predicted molar refractivity (Wildman–Crippen MR) is 72.1 cm³/mol. The Balaban J connectivity index is 2.16. The number of benzene rings is 1. The third-order valence-electron chi connectivity index (χ3n) is 3.64. The molecule has 2 atom stereocenters. The van der Waals surface area contributed by atoms with Crippen molar-refractivity contribution in [3.63, 3.8) is 0 Å².